The van der Waals surface area contributed by atoms with Crippen LogP contribution in [0.4, 0.5) is 8.78 Å². The Bertz CT molecular complexity index is 1010. The van der Waals surface area contributed by atoms with Crippen LogP contribution in [0, 0.1) is 11.3 Å². The van der Waals surface area contributed by atoms with Crippen LogP contribution in [-0.4, -0.2) is 58.8 Å². The minimum atomic E-state index is -1.24. The Hall–Kier alpha value is -2.39. The van der Waals surface area contributed by atoms with Crippen molar-refractivity contribution >= 4 is 17.6 Å². The molecule has 0 saturated heterocycles. The summed E-state index contributed by atoms with van der Waals surface area (Å²) in [5.41, 5.74) is 2.49. The van der Waals surface area contributed by atoms with Crippen molar-refractivity contribution in [2.75, 3.05) is 6.54 Å². The summed E-state index contributed by atoms with van der Waals surface area (Å²) < 4.78 is 28.3. The van der Waals surface area contributed by atoms with E-state index in [1.54, 1.807) is 0 Å². The number of carboxylic acid groups (broad SMARTS) is 1. The molecule has 1 aromatic rings. The number of aliphatic hydroxyl groups excluding tert-OH is 1. The van der Waals surface area contributed by atoms with Crippen LogP contribution in [0.2, 0.25) is 0 Å². The number of benzene rings is 1. The van der Waals surface area contributed by atoms with Crippen molar-refractivity contribution in [1.82, 2.24) is 10.6 Å². The van der Waals surface area contributed by atoms with Gasteiger partial charge in [0.25, 0.3) is 0 Å². The lowest BCUT2D eigenvalue weighted by Gasteiger charge is -2.41. The van der Waals surface area contributed by atoms with Crippen LogP contribution in [0.15, 0.2) is 24.3 Å². The Morgan fingerprint density at radius 3 is 2.35 bits per heavy atom. The van der Waals surface area contributed by atoms with Crippen molar-refractivity contribution in [2.45, 2.75) is 127 Å². The number of nitrogens with one attached hydrogen (secondary N) is 3. The number of aliphatic hydroxyl groups is 1. The van der Waals surface area contributed by atoms with Crippen molar-refractivity contribution in [3.63, 3.8) is 0 Å². The van der Waals surface area contributed by atoms with Gasteiger partial charge in [-0.15, -0.1) is 0 Å². The van der Waals surface area contributed by atoms with Gasteiger partial charge in [0, 0.05) is 37.1 Å². The SMILES string of the molecule is CC(C)(C)c1cccc(C2(NC[C@@H](O)[C@H](CC3CC(F)CC(F)C3)NC(=O)CCCC(=O)O)CCC(=N)CC2)c1. The minimum absolute atomic E-state index is 0.00324. The molecule has 9 heteroatoms. The number of carbonyl (C=O) groups excluding carboxylic acids is 1. The molecular formula is C31H47F2N3O4. The number of carboxylic acids is 1. The molecule has 2 fully saturated rings. The third kappa shape index (κ3) is 9.33. The van der Waals surface area contributed by atoms with E-state index in [1.165, 1.54) is 5.56 Å². The Morgan fingerprint density at radius 1 is 1.10 bits per heavy atom. The molecule has 3 rings (SSSR count). The van der Waals surface area contributed by atoms with Crippen LogP contribution >= 0.6 is 0 Å². The summed E-state index contributed by atoms with van der Waals surface area (Å²) in [5.74, 6) is -1.68. The molecular weight excluding hydrogens is 516 g/mol. The lowest BCUT2D eigenvalue weighted by Crippen LogP contribution is -2.53. The van der Waals surface area contributed by atoms with E-state index in [4.69, 9.17) is 10.5 Å². The van der Waals surface area contributed by atoms with E-state index in [2.05, 4.69) is 49.6 Å². The number of halogens is 2. The summed E-state index contributed by atoms with van der Waals surface area (Å²) in [6.45, 7) is 6.63. The molecule has 2 aliphatic carbocycles. The molecule has 2 saturated carbocycles. The topological polar surface area (TPSA) is 123 Å². The van der Waals surface area contributed by atoms with Gasteiger partial charge in [-0.3, -0.25) is 9.59 Å². The molecule has 2 unspecified atom stereocenters. The summed E-state index contributed by atoms with van der Waals surface area (Å²) in [4.78, 5) is 23.5. The van der Waals surface area contributed by atoms with Crippen LogP contribution in [0.3, 0.4) is 0 Å². The quantitative estimate of drug-likeness (QED) is 0.235. The van der Waals surface area contributed by atoms with Gasteiger partial charge in [0.05, 0.1) is 12.1 Å². The molecule has 0 aromatic heterocycles. The Labute approximate surface area is 237 Å². The molecule has 1 aromatic carbocycles. The monoisotopic (exact) mass is 563 g/mol. The zero-order valence-corrected chi connectivity index (χ0v) is 24.1. The van der Waals surface area contributed by atoms with Gasteiger partial charge >= 0.3 is 5.97 Å². The highest BCUT2D eigenvalue weighted by Gasteiger charge is 2.38. The molecule has 4 atom stereocenters. The van der Waals surface area contributed by atoms with Crippen molar-refractivity contribution in [3.05, 3.63) is 35.4 Å². The summed E-state index contributed by atoms with van der Waals surface area (Å²) in [5, 5.41) is 34.9. The Kier molecular flexibility index (Phi) is 11.2. The van der Waals surface area contributed by atoms with E-state index < -0.39 is 36.0 Å². The van der Waals surface area contributed by atoms with Crippen molar-refractivity contribution in [1.29, 1.82) is 5.41 Å². The van der Waals surface area contributed by atoms with Crippen LogP contribution in [0.25, 0.3) is 0 Å². The predicted octanol–water partition coefficient (Wildman–Crippen LogP) is 5.33. The smallest absolute Gasteiger partial charge is 0.303 e. The maximum atomic E-state index is 14.1. The number of rotatable bonds is 12. The highest BCUT2D eigenvalue weighted by Crippen LogP contribution is 2.38. The third-order valence-corrected chi connectivity index (χ3v) is 8.52. The molecule has 7 nitrogen and oxygen atoms in total. The molecule has 0 bridgehead atoms. The molecule has 40 heavy (non-hydrogen) atoms. The molecule has 0 aliphatic heterocycles. The third-order valence-electron chi connectivity index (χ3n) is 8.52. The van der Waals surface area contributed by atoms with E-state index in [0.29, 0.717) is 31.4 Å². The first-order valence-electron chi connectivity index (χ1n) is 14.7. The van der Waals surface area contributed by atoms with E-state index in [9.17, 15) is 23.5 Å². The first kappa shape index (κ1) is 32.1. The van der Waals surface area contributed by atoms with E-state index in [1.807, 2.05) is 6.07 Å². The van der Waals surface area contributed by atoms with Gasteiger partial charge in [-0.25, -0.2) is 8.78 Å². The predicted molar refractivity (Wildman–Crippen MR) is 152 cm³/mol. The average Bonchev–Trinajstić information content (AvgIpc) is 2.87. The second-order valence-corrected chi connectivity index (χ2v) is 12.9. The van der Waals surface area contributed by atoms with Gasteiger partial charge in [-0.05, 0) is 73.8 Å². The maximum Gasteiger partial charge on any atom is 0.303 e. The standard InChI is InChI=1S/C31H47F2N3O4/c1-30(2,3)21-6-4-7-22(17-21)31(12-10-25(34)11-13-31)35-19-27(37)26(36-28(38)8-5-9-29(39)40)16-20-14-23(32)18-24(33)15-20/h4,6-7,17,20,23-24,26-27,34-35,37H,5,8-16,18-19H2,1-3H3,(H,36,38)(H,39,40)/t20?,23?,24?,26-,27+,31?/m0/s1. The molecule has 1 amide bonds. The number of amides is 1. The van der Waals surface area contributed by atoms with Crippen molar-refractivity contribution < 1.29 is 28.6 Å². The number of hydrogen-bond acceptors (Lipinski definition) is 5. The summed E-state index contributed by atoms with van der Waals surface area (Å²) in [7, 11) is 0. The van der Waals surface area contributed by atoms with Gasteiger partial charge in [0.1, 0.15) is 12.3 Å². The average molecular weight is 564 g/mol. The fourth-order valence-electron chi connectivity index (χ4n) is 6.10. The first-order valence-corrected chi connectivity index (χ1v) is 14.7. The normalized spacial score (nSPS) is 27.1. The molecule has 0 spiro atoms. The van der Waals surface area contributed by atoms with Gasteiger partial charge < -0.3 is 26.3 Å². The number of carbonyl (C=O) groups is 2. The lowest BCUT2D eigenvalue weighted by atomic mass is 9.74. The molecule has 5 N–H and O–H groups in total. The highest BCUT2D eigenvalue weighted by atomic mass is 19.1. The molecule has 224 valence electrons. The highest BCUT2D eigenvalue weighted by molar-refractivity contribution is 5.82. The number of alkyl halides is 2. The molecule has 0 radical (unpaired) electrons. The largest absolute Gasteiger partial charge is 0.481 e. The summed E-state index contributed by atoms with van der Waals surface area (Å²) >= 11 is 0. The van der Waals surface area contributed by atoms with E-state index in [0.717, 1.165) is 5.56 Å². The second kappa shape index (κ2) is 14.0. The Morgan fingerprint density at radius 2 is 1.75 bits per heavy atom. The first-order chi connectivity index (χ1) is 18.8. The van der Waals surface area contributed by atoms with Gasteiger partial charge in [0.2, 0.25) is 5.91 Å². The summed E-state index contributed by atoms with van der Waals surface area (Å²) in [6.07, 6.45) is -0.274. The van der Waals surface area contributed by atoms with Gasteiger partial charge in [-0.2, -0.15) is 0 Å². The zero-order valence-electron chi connectivity index (χ0n) is 24.1. The lowest BCUT2D eigenvalue weighted by molar-refractivity contribution is -0.137. The van der Waals surface area contributed by atoms with E-state index in [-0.39, 0.29) is 68.7 Å². The van der Waals surface area contributed by atoms with Crippen molar-refractivity contribution in [3.8, 4) is 0 Å². The fourth-order valence-corrected chi connectivity index (χ4v) is 6.10. The summed E-state index contributed by atoms with van der Waals surface area (Å²) in [6, 6.07) is 7.69. The molecule has 2 aliphatic rings. The maximum absolute atomic E-state index is 14.1. The molecule has 0 heterocycles. The zero-order chi connectivity index (χ0) is 29.5. The van der Waals surface area contributed by atoms with Crippen LogP contribution in [0.1, 0.15) is 103 Å². The van der Waals surface area contributed by atoms with Gasteiger partial charge in [-0.1, -0.05) is 45.0 Å². The van der Waals surface area contributed by atoms with Gasteiger partial charge in [0.15, 0.2) is 0 Å². The van der Waals surface area contributed by atoms with Crippen LogP contribution in [-0.2, 0) is 20.5 Å². The van der Waals surface area contributed by atoms with Crippen LogP contribution < -0.4 is 10.6 Å². The van der Waals surface area contributed by atoms with Crippen LogP contribution in [0.5, 0.6) is 0 Å². The number of aliphatic carboxylic acids is 1. The fraction of sp³-hybridized carbons (Fsp3) is 0.710. The Balaban J connectivity index is 1.77. The van der Waals surface area contributed by atoms with Crippen molar-refractivity contribution in [2.24, 2.45) is 5.92 Å². The number of hydrogen-bond donors (Lipinski definition) is 5. The van der Waals surface area contributed by atoms with E-state index >= 15 is 0 Å². The second-order valence-electron chi connectivity index (χ2n) is 12.9. The minimum Gasteiger partial charge on any atom is -0.481 e.